The molecule has 1 fully saturated rings. The number of rotatable bonds is 7. The highest BCUT2D eigenvalue weighted by molar-refractivity contribution is 5.85. The van der Waals surface area contributed by atoms with Crippen molar-refractivity contribution in [1.29, 1.82) is 0 Å². The largest absolute Gasteiger partial charge is 0.496 e. The van der Waals surface area contributed by atoms with Gasteiger partial charge >= 0.3 is 0 Å². The van der Waals surface area contributed by atoms with E-state index in [1.54, 1.807) is 7.11 Å². The standard InChI is InChI=1S/C19H31N3O2.2ClH/c1-4-19(5-2,15-20)18(23)22-12-10-21(11-13-22)14-16-8-6-7-9-17(16)24-3;;/h6-9H,4-5,10-15,20H2,1-3H3;2*1H. The van der Waals surface area contributed by atoms with E-state index in [-0.39, 0.29) is 36.1 Å². The normalized spacial score (nSPS) is 15.0. The summed E-state index contributed by atoms with van der Waals surface area (Å²) >= 11 is 0. The van der Waals surface area contributed by atoms with E-state index in [0.717, 1.165) is 51.3 Å². The second-order valence-electron chi connectivity index (χ2n) is 6.57. The molecule has 2 rings (SSSR count). The fraction of sp³-hybridized carbons (Fsp3) is 0.632. The quantitative estimate of drug-likeness (QED) is 0.757. The Kier molecular flexibility index (Phi) is 11.2. The Morgan fingerprint density at radius 1 is 1.12 bits per heavy atom. The van der Waals surface area contributed by atoms with Gasteiger partial charge in [-0.1, -0.05) is 32.0 Å². The van der Waals surface area contributed by atoms with Crippen molar-refractivity contribution >= 4 is 30.7 Å². The van der Waals surface area contributed by atoms with E-state index in [4.69, 9.17) is 10.5 Å². The fourth-order valence-corrected chi connectivity index (χ4v) is 3.45. The lowest BCUT2D eigenvalue weighted by atomic mass is 9.81. The smallest absolute Gasteiger partial charge is 0.230 e. The summed E-state index contributed by atoms with van der Waals surface area (Å²) in [6.45, 7) is 8.73. The number of carbonyl (C=O) groups excluding carboxylic acids is 1. The molecule has 1 aliphatic heterocycles. The number of carbonyl (C=O) groups is 1. The molecule has 1 heterocycles. The Bertz CT molecular complexity index is 537. The Labute approximate surface area is 170 Å². The average molecular weight is 406 g/mol. The zero-order valence-electron chi connectivity index (χ0n) is 16.1. The molecule has 0 unspecified atom stereocenters. The zero-order valence-corrected chi connectivity index (χ0v) is 17.7. The third-order valence-corrected chi connectivity index (χ3v) is 5.44. The van der Waals surface area contributed by atoms with Crippen LogP contribution in [0.2, 0.25) is 0 Å². The molecule has 7 heteroatoms. The molecule has 1 aromatic carbocycles. The Balaban J connectivity index is 0.00000312. The van der Waals surface area contributed by atoms with Crippen LogP contribution in [0.15, 0.2) is 24.3 Å². The minimum absolute atomic E-state index is 0. The molecule has 0 atom stereocenters. The van der Waals surface area contributed by atoms with Crippen LogP contribution in [0.3, 0.4) is 0 Å². The number of nitrogens with two attached hydrogens (primary N) is 1. The Morgan fingerprint density at radius 3 is 2.19 bits per heavy atom. The molecule has 0 spiro atoms. The Hall–Kier alpha value is -1.01. The molecule has 0 saturated carbocycles. The molecule has 0 aromatic heterocycles. The summed E-state index contributed by atoms with van der Waals surface area (Å²) in [5.74, 6) is 1.15. The summed E-state index contributed by atoms with van der Waals surface area (Å²) in [5.41, 5.74) is 6.73. The molecular weight excluding hydrogens is 373 g/mol. The maximum absolute atomic E-state index is 12.9. The maximum atomic E-state index is 12.9. The van der Waals surface area contributed by atoms with E-state index in [9.17, 15) is 4.79 Å². The highest BCUT2D eigenvalue weighted by atomic mass is 35.5. The molecule has 2 N–H and O–H groups in total. The number of hydrogen-bond donors (Lipinski definition) is 1. The second kappa shape index (κ2) is 11.7. The van der Waals surface area contributed by atoms with Crippen LogP contribution in [0.25, 0.3) is 0 Å². The monoisotopic (exact) mass is 405 g/mol. The van der Waals surface area contributed by atoms with E-state index in [1.807, 2.05) is 23.1 Å². The zero-order chi connectivity index (χ0) is 17.6. The lowest BCUT2D eigenvalue weighted by Crippen LogP contribution is -2.54. The lowest BCUT2D eigenvalue weighted by Gasteiger charge is -2.40. The summed E-state index contributed by atoms with van der Waals surface area (Å²) in [6.07, 6.45) is 1.61. The van der Waals surface area contributed by atoms with Crippen LogP contribution in [0.5, 0.6) is 5.75 Å². The number of hydrogen-bond acceptors (Lipinski definition) is 4. The molecule has 150 valence electrons. The van der Waals surface area contributed by atoms with Gasteiger partial charge in [-0.25, -0.2) is 0 Å². The van der Waals surface area contributed by atoms with Crippen LogP contribution in [-0.4, -0.2) is 55.5 Å². The fourth-order valence-electron chi connectivity index (χ4n) is 3.45. The molecule has 26 heavy (non-hydrogen) atoms. The first-order chi connectivity index (χ1) is 11.6. The van der Waals surface area contributed by atoms with Gasteiger partial charge < -0.3 is 15.4 Å². The summed E-state index contributed by atoms with van der Waals surface area (Å²) in [5, 5.41) is 0. The minimum atomic E-state index is -0.384. The average Bonchev–Trinajstić information content (AvgIpc) is 2.64. The summed E-state index contributed by atoms with van der Waals surface area (Å²) in [7, 11) is 1.71. The van der Waals surface area contributed by atoms with Crippen molar-refractivity contribution in [3.8, 4) is 5.75 Å². The van der Waals surface area contributed by atoms with Gasteiger partial charge in [0, 0.05) is 44.8 Å². The van der Waals surface area contributed by atoms with E-state index < -0.39 is 0 Å². The molecular formula is C19H33Cl2N3O2. The van der Waals surface area contributed by atoms with Crippen molar-refractivity contribution in [2.24, 2.45) is 11.1 Å². The first-order valence-electron chi connectivity index (χ1n) is 8.94. The first kappa shape index (κ1) is 25.0. The van der Waals surface area contributed by atoms with Gasteiger partial charge in [-0.15, -0.1) is 24.8 Å². The molecule has 1 aromatic rings. The van der Waals surface area contributed by atoms with E-state index in [0.29, 0.717) is 6.54 Å². The number of para-hydroxylation sites is 1. The van der Waals surface area contributed by atoms with Crippen LogP contribution in [0.4, 0.5) is 0 Å². The van der Waals surface area contributed by atoms with Crippen LogP contribution in [0.1, 0.15) is 32.3 Å². The van der Waals surface area contributed by atoms with Gasteiger partial charge in [-0.05, 0) is 18.9 Å². The van der Waals surface area contributed by atoms with Crippen molar-refractivity contribution in [1.82, 2.24) is 9.80 Å². The van der Waals surface area contributed by atoms with Gasteiger partial charge in [-0.3, -0.25) is 9.69 Å². The summed E-state index contributed by atoms with van der Waals surface area (Å²) in [6, 6.07) is 8.12. The summed E-state index contributed by atoms with van der Waals surface area (Å²) < 4.78 is 5.43. The number of ether oxygens (including phenoxy) is 1. The van der Waals surface area contributed by atoms with Gasteiger partial charge in [0.1, 0.15) is 5.75 Å². The topological polar surface area (TPSA) is 58.8 Å². The van der Waals surface area contributed by atoms with Crippen LogP contribution in [-0.2, 0) is 11.3 Å². The lowest BCUT2D eigenvalue weighted by molar-refractivity contribution is -0.144. The number of amides is 1. The van der Waals surface area contributed by atoms with Crippen molar-refractivity contribution in [3.63, 3.8) is 0 Å². The van der Waals surface area contributed by atoms with Crippen molar-refractivity contribution in [2.75, 3.05) is 39.8 Å². The number of nitrogens with zero attached hydrogens (tertiary/aromatic N) is 2. The van der Waals surface area contributed by atoms with Crippen molar-refractivity contribution < 1.29 is 9.53 Å². The predicted octanol–water partition coefficient (Wildman–Crippen LogP) is 2.95. The number of halogens is 2. The predicted molar refractivity (Wildman–Crippen MR) is 111 cm³/mol. The van der Waals surface area contributed by atoms with Gasteiger partial charge in [0.05, 0.1) is 12.5 Å². The molecule has 0 bridgehead atoms. The SMILES string of the molecule is CCC(CC)(CN)C(=O)N1CCN(Cc2ccccc2OC)CC1.Cl.Cl. The molecule has 1 saturated heterocycles. The molecule has 1 amide bonds. The van der Waals surface area contributed by atoms with Crippen LogP contribution < -0.4 is 10.5 Å². The van der Waals surface area contributed by atoms with E-state index >= 15 is 0 Å². The Morgan fingerprint density at radius 2 is 1.69 bits per heavy atom. The highest BCUT2D eigenvalue weighted by Gasteiger charge is 2.37. The van der Waals surface area contributed by atoms with E-state index in [2.05, 4.69) is 24.8 Å². The molecule has 0 radical (unpaired) electrons. The van der Waals surface area contributed by atoms with Gasteiger partial charge in [0.2, 0.25) is 5.91 Å². The van der Waals surface area contributed by atoms with Crippen molar-refractivity contribution in [2.45, 2.75) is 33.2 Å². The second-order valence-corrected chi connectivity index (χ2v) is 6.57. The summed E-state index contributed by atoms with van der Waals surface area (Å²) in [4.78, 5) is 17.3. The number of methoxy groups -OCH3 is 1. The van der Waals surface area contributed by atoms with E-state index in [1.165, 1.54) is 5.56 Å². The maximum Gasteiger partial charge on any atom is 0.230 e. The molecule has 0 aliphatic carbocycles. The number of benzene rings is 1. The third kappa shape index (κ3) is 5.49. The van der Waals surface area contributed by atoms with Crippen molar-refractivity contribution in [3.05, 3.63) is 29.8 Å². The van der Waals surface area contributed by atoms with Gasteiger partial charge in [0.15, 0.2) is 0 Å². The van der Waals surface area contributed by atoms with Crippen LogP contribution in [0, 0.1) is 5.41 Å². The third-order valence-electron chi connectivity index (χ3n) is 5.44. The minimum Gasteiger partial charge on any atom is -0.496 e. The number of piperazine rings is 1. The van der Waals surface area contributed by atoms with Crippen LogP contribution >= 0.6 is 24.8 Å². The first-order valence-corrected chi connectivity index (χ1v) is 8.94. The highest BCUT2D eigenvalue weighted by Crippen LogP contribution is 2.28. The molecule has 5 nitrogen and oxygen atoms in total. The van der Waals surface area contributed by atoms with Gasteiger partial charge in [0.25, 0.3) is 0 Å². The molecule has 1 aliphatic rings. The van der Waals surface area contributed by atoms with Gasteiger partial charge in [-0.2, -0.15) is 0 Å².